The van der Waals surface area contributed by atoms with Crippen LogP contribution < -0.4 is 349 Å². The number of rotatable bonds is 1. The topological polar surface area (TPSA) is 145 Å². The number of nitrogens with zero attached hydrogens (tertiary/aromatic N) is 5. The van der Waals surface area contributed by atoms with Gasteiger partial charge in [0.1, 0.15) is 0 Å². The van der Waals surface area contributed by atoms with Gasteiger partial charge in [-0.25, -0.2) is 0 Å². The Bertz CT molecular complexity index is 182. The van der Waals surface area contributed by atoms with E-state index < -0.39 is 11.9 Å². The summed E-state index contributed by atoms with van der Waals surface area (Å²) in [7, 11) is 4.10. The average Bonchev–Trinajstić information content (AvgIpc) is 2.33. The molecule has 0 aliphatic carbocycles. The zero-order valence-corrected chi connectivity index (χ0v) is 56.3. The standard InChI is InChI=1S/C3H7N3O.C2H5NO2.CH4NO.8Rb.H/c1-4-3(7)6-5-2;1-2(4)3-5;1-2-3;;;;;;;;;/h1-2H3,(H-,4,6,7);1H3,(H2,3,4,5);3H,1H3;;;;;;;;;/q-2;;-1;;;6*+1;-1/p-2. The molecule has 9 nitrogen and oxygen atoms in total. The van der Waals surface area contributed by atoms with Gasteiger partial charge in [-0.15, -0.1) is 14.1 Å². The van der Waals surface area contributed by atoms with Crippen LogP contribution in [-0.4, -0.2) is 111 Å². The van der Waals surface area contributed by atoms with Crippen molar-refractivity contribution in [2.24, 2.45) is 0 Å². The van der Waals surface area contributed by atoms with Crippen LogP contribution in [-0.2, 0) is 4.79 Å². The first-order valence-corrected chi connectivity index (χ1v) is 38.5. The van der Waals surface area contributed by atoms with E-state index in [2.05, 4.69) is 27.1 Å². The Balaban J connectivity index is -0.0000000102. The number of amides is 3. The van der Waals surface area contributed by atoms with Crippen LogP contribution in [0.4, 0.5) is 4.79 Å². The molecule has 0 saturated heterocycles. The molecule has 0 aromatic carbocycles. The van der Waals surface area contributed by atoms with Crippen LogP contribution in [0.5, 0.6) is 0 Å². The summed E-state index contributed by atoms with van der Waals surface area (Å²) in [5, 5.41) is 17.8. The third-order valence-electron chi connectivity index (χ3n) is 0.518. The summed E-state index contributed by atoms with van der Waals surface area (Å²) in [6.45, 7) is 1.17. The van der Waals surface area contributed by atoms with Crippen molar-refractivity contribution in [2.75, 3.05) is 21.1 Å². The fourth-order valence-corrected chi connectivity index (χ4v) is 0.130. The second kappa shape index (κ2) is 70.2. The van der Waals surface area contributed by atoms with Gasteiger partial charge < -0.3 is 48.6 Å². The summed E-state index contributed by atoms with van der Waals surface area (Å²) in [5.74, 6) is -0.565. The summed E-state index contributed by atoms with van der Waals surface area (Å²) < 4.78 is 0. The number of hydrogen-bond acceptors (Lipinski definition) is 4. The molecular formula is C6H15N5O4Rb8. The quantitative estimate of drug-likeness (QED) is 0.199. The molecule has 0 radical (unpaired) electrons. The van der Waals surface area contributed by atoms with E-state index in [9.17, 15) is 9.59 Å². The molecule has 0 aliphatic rings. The third kappa shape index (κ3) is 95.3. The van der Waals surface area contributed by atoms with Crippen LogP contribution in [0.2, 0.25) is 0 Å². The molecule has 0 heterocycles. The van der Waals surface area contributed by atoms with Crippen molar-refractivity contribution in [3.05, 3.63) is 27.1 Å². The molecule has 0 aliphatic heterocycles. The van der Waals surface area contributed by atoms with Gasteiger partial charge in [0, 0.05) is 0 Å². The van der Waals surface area contributed by atoms with E-state index in [-0.39, 0.29) is 351 Å². The van der Waals surface area contributed by atoms with Crippen molar-refractivity contribution in [1.82, 2.24) is 0 Å². The van der Waals surface area contributed by atoms with Crippen LogP contribution >= 0.6 is 0 Å². The minimum absolute atomic E-state index is 0. The molecule has 0 atom stereocenters. The molecule has 2 N–H and O–H groups in total. The van der Waals surface area contributed by atoms with Gasteiger partial charge >= 0.3 is 417 Å². The van der Waals surface area contributed by atoms with E-state index in [1.165, 1.54) is 28.1 Å². The van der Waals surface area contributed by atoms with Crippen molar-refractivity contribution in [2.45, 2.75) is 6.92 Å². The molecule has 0 unspecified atom stereocenters. The summed E-state index contributed by atoms with van der Waals surface area (Å²) in [5.41, 5.74) is 11.0. The van der Waals surface area contributed by atoms with Crippen molar-refractivity contribution in [3.8, 4) is 0 Å². The minimum atomic E-state index is -0.565. The average molecular weight is 905 g/mol. The SMILES string of the molecule is CC(=O)[N-]O.C[N-]O.C[N-][N-]C(=O)[N-]C.[H-].[Rb+].[Rb+].[Rb+].[Rb+].[Rb+].[Rb+].[Rb][Rb]. The second-order valence-electron chi connectivity index (χ2n) is 1.63. The van der Waals surface area contributed by atoms with Crippen molar-refractivity contribution >= 4 is 79.7 Å². The summed E-state index contributed by atoms with van der Waals surface area (Å²) in [4.78, 5) is 19.4. The van der Waals surface area contributed by atoms with Gasteiger partial charge in [0.15, 0.2) is 0 Å². The number of carbonyl (C=O) groups is 2. The first-order chi connectivity index (χ1) is 7.99. The Labute approximate surface area is 483 Å². The van der Waals surface area contributed by atoms with E-state index in [0.717, 1.165) is 67.7 Å². The van der Waals surface area contributed by atoms with Crippen LogP contribution in [0.15, 0.2) is 0 Å². The van der Waals surface area contributed by atoms with E-state index in [0.29, 0.717) is 0 Å². The fraction of sp³-hybridized carbons (Fsp3) is 0.667. The monoisotopic (exact) mass is 900 g/mol. The van der Waals surface area contributed by atoms with Gasteiger partial charge in [-0.3, -0.25) is 0 Å². The second-order valence-corrected chi connectivity index (χ2v) is 1.63. The third-order valence-corrected chi connectivity index (χ3v) is 0.518. The van der Waals surface area contributed by atoms with Gasteiger partial charge in [0.05, 0.1) is 5.91 Å². The number of hydrogen-bond donors (Lipinski definition) is 2. The van der Waals surface area contributed by atoms with Gasteiger partial charge in [-0.1, -0.05) is 6.03 Å². The van der Waals surface area contributed by atoms with Crippen molar-refractivity contribution in [1.29, 1.82) is 0 Å². The Kier molecular flexibility index (Phi) is 199. The van der Waals surface area contributed by atoms with Crippen molar-refractivity contribution < 1.29 is 371 Å². The first kappa shape index (κ1) is 65.2. The van der Waals surface area contributed by atoms with E-state index in [4.69, 9.17) is 10.4 Å². The molecule has 0 bridgehead atoms. The van der Waals surface area contributed by atoms with Gasteiger partial charge in [-0.2, -0.15) is 7.05 Å². The molecular weight excluding hydrogens is 890 g/mol. The first-order valence-electron chi connectivity index (χ1n) is 4.52. The number of urea groups is 1. The molecule has 0 rings (SSSR count). The molecule has 17 heteroatoms. The molecule has 23 heavy (non-hydrogen) atoms. The predicted octanol–water partition coefficient (Wildman–Crippen LogP) is -16.5. The summed E-state index contributed by atoms with van der Waals surface area (Å²) in [6.07, 6.45) is 0. The van der Waals surface area contributed by atoms with Gasteiger partial charge in [0.2, 0.25) is 0 Å². The van der Waals surface area contributed by atoms with E-state index in [1.807, 2.05) is 0 Å². The molecule has 0 fully saturated rings. The summed E-state index contributed by atoms with van der Waals surface area (Å²) in [6, 6.07) is -0.539. The molecule has 0 aromatic heterocycles. The zero-order chi connectivity index (χ0) is 14.7. The number of carbonyl (C=O) groups excluding carboxylic acids is 2. The Hall–Kier alpha value is 13.0. The van der Waals surface area contributed by atoms with Crippen molar-refractivity contribution in [3.63, 3.8) is 0 Å². The van der Waals surface area contributed by atoms with Crippen LogP contribution in [0.3, 0.4) is 0 Å². The maximum atomic E-state index is 9.98. The van der Waals surface area contributed by atoms with Gasteiger partial charge in [-0.05, 0) is 6.92 Å². The predicted molar refractivity (Wildman–Crippen MR) is 66.8 cm³/mol. The molecule has 0 saturated carbocycles. The summed E-state index contributed by atoms with van der Waals surface area (Å²) >= 11 is 2.32. The molecule has 3 amide bonds. The Morgan fingerprint density at radius 1 is 0.870 bits per heavy atom. The van der Waals surface area contributed by atoms with E-state index >= 15 is 0 Å². The van der Waals surface area contributed by atoms with Crippen LogP contribution in [0, 0.1) is 0 Å². The normalized spacial score (nSPS) is 4.96. The zero-order valence-electron chi connectivity index (χ0n) is 17.9. The number of hydroxylamine groups is 2. The fourth-order valence-electron chi connectivity index (χ4n) is 0.130. The van der Waals surface area contributed by atoms with Gasteiger partial charge in [0.25, 0.3) is 0 Å². The molecule has 0 spiro atoms. The van der Waals surface area contributed by atoms with Crippen LogP contribution in [0.25, 0.3) is 27.1 Å². The molecule has 96 valence electrons. The molecule has 0 aromatic rings. The van der Waals surface area contributed by atoms with E-state index in [1.54, 1.807) is 0 Å². The maximum absolute atomic E-state index is 9.98. The Morgan fingerprint density at radius 3 is 1.13 bits per heavy atom. The Morgan fingerprint density at radius 2 is 1.09 bits per heavy atom. The van der Waals surface area contributed by atoms with Crippen LogP contribution in [0.1, 0.15) is 8.35 Å².